The molecule has 0 unspecified atom stereocenters. The highest BCUT2D eigenvalue weighted by Crippen LogP contribution is 2.42. The quantitative estimate of drug-likeness (QED) is 0.420. The Bertz CT molecular complexity index is 1400. The molecule has 0 spiro atoms. The molecule has 0 bridgehead atoms. The second-order valence-electron chi connectivity index (χ2n) is 8.56. The third-order valence-corrected chi connectivity index (χ3v) is 6.38. The zero-order valence-corrected chi connectivity index (χ0v) is 18.3. The molecular weight excluding hydrogens is 418 g/mol. The van der Waals surface area contributed by atoms with Crippen molar-refractivity contribution < 1.29 is 9.21 Å². The molecule has 5 rings (SSSR count). The number of nitrogens with zero attached hydrogens (tertiary/aromatic N) is 2. The van der Waals surface area contributed by atoms with E-state index in [1.807, 2.05) is 54.6 Å². The summed E-state index contributed by atoms with van der Waals surface area (Å²) in [5, 5.41) is 3.17. The summed E-state index contributed by atoms with van der Waals surface area (Å²) in [7, 11) is 1.59. The van der Waals surface area contributed by atoms with Crippen molar-refractivity contribution >= 4 is 23.0 Å². The van der Waals surface area contributed by atoms with Crippen LogP contribution in [0.3, 0.4) is 0 Å². The van der Waals surface area contributed by atoms with Crippen molar-refractivity contribution in [3.05, 3.63) is 70.5 Å². The highest BCUT2D eigenvalue weighted by Gasteiger charge is 2.34. The first-order chi connectivity index (χ1) is 15.9. The Kier molecular flexibility index (Phi) is 5.02. The molecule has 8 nitrogen and oxygen atoms in total. The molecule has 2 aromatic carbocycles. The van der Waals surface area contributed by atoms with Crippen molar-refractivity contribution in [2.75, 3.05) is 11.9 Å². The highest BCUT2D eigenvalue weighted by atomic mass is 16.3. The summed E-state index contributed by atoms with van der Waals surface area (Å²) >= 11 is 0. The van der Waals surface area contributed by atoms with E-state index < -0.39 is 5.91 Å². The van der Waals surface area contributed by atoms with Gasteiger partial charge in [-0.05, 0) is 30.4 Å². The molecule has 33 heavy (non-hydrogen) atoms. The van der Waals surface area contributed by atoms with Crippen molar-refractivity contribution in [2.24, 2.45) is 18.5 Å². The molecule has 2 heterocycles. The fourth-order valence-corrected chi connectivity index (χ4v) is 4.34. The molecule has 1 fully saturated rings. The Morgan fingerprint density at radius 3 is 2.42 bits per heavy atom. The highest BCUT2D eigenvalue weighted by molar-refractivity contribution is 6.00. The van der Waals surface area contributed by atoms with E-state index in [-0.39, 0.29) is 29.3 Å². The van der Waals surface area contributed by atoms with E-state index in [1.54, 1.807) is 7.05 Å². The summed E-state index contributed by atoms with van der Waals surface area (Å²) in [6.45, 7) is -0.146. The fraction of sp³-hybridized carbons (Fsp3) is 0.240. The SMILES string of the molecule is Cn1c(NCC(N)=O)nc2oc(-c3ccc(C4(N)CCC4)cc3)c(-c3ccccc3)c2c1=O. The summed E-state index contributed by atoms with van der Waals surface area (Å²) in [4.78, 5) is 29.0. The first-order valence-electron chi connectivity index (χ1n) is 10.9. The Balaban J connectivity index is 1.70. The molecule has 0 radical (unpaired) electrons. The molecule has 4 aromatic rings. The van der Waals surface area contributed by atoms with Crippen LogP contribution in [0.4, 0.5) is 5.95 Å². The standard InChI is InChI=1S/C25H25N5O3/c1-30-23(32)20-19(15-6-3-2-4-7-15)21(33-22(20)29-24(30)28-14-18(26)31)16-8-10-17(11-9-16)25(27)12-5-13-25/h2-4,6-11H,5,12-14,27H2,1H3,(H2,26,31)(H,28,29). The van der Waals surface area contributed by atoms with Crippen LogP contribution in [0.15, 0.2) is 63.8 Å². The number of primary amides is 1. The topological polar surface area (TPSA) is 129 Å². The largest absolute Gasteiger partial charge is 0.437 e. The van der Waals surface area contributed by atoms with Gasteiger partial charge in [-0.1, -0.05) is 54.6 Å². The smallest absolute Gasteiger partial charge is 0.266 e. The van der Waals surface area contributed by atoms with Gasteiger partial charge in [-0.2, -0.15) is 4.98 Å². The van der Waals surface area contributed by atoms with Crippen LogP contribution in [-0.2, 0) is 17.4 Å². The maximum absolute atomic E-state index is 13.4. The van der Waals surface area contributed by atoms with E-state index in [0.717, 1.165) is 36.0 Å². The van der Waals surface area contributed by atoms with E-state index in [2.05, 4.69) is 10.3 Å². The number of benzene rings is 2. The zero-order chi connectivity index (χ0) is 23.2. The molecule has 0 aliphatic heterocycles. The lowest BCUT2D eigenvalue weighted by atomic mass is 9.72. The van der Waals surface area contributed by atoms with Crippen molar-refractivity contribution in [2.45, 2.75) is 24.8 Å². The second kappa shape index (κ2) is 7.90. The van der Waals surface area contributed by atoms with Gasteiger partial charge in [0.15, 0.2) is 0 Å². The average molecular weight is 444 g/mol. The van der Waals surface area contributed by atoms with Crippen LogP contribution < -0.4 is 22.3 Å². The maximum atomic E-state index is 13.4. The third kappa shape index (κ3) is 3.58. The van der Waals surface area contributed by atoms with E-state index in [9.17, 15) is 9.59 Å². The number of anilines is 1. The van der Waals surface area contributed by atoms with Gasteiger partial charge in [-0.25, -0.2) is 0 Å². The number of rotatable bonds is 6. The molecule has 8 heteroatoms. The molecule has 1 saturated carbocycles. The lowest BCUT2D eigenvalue weighted by Crippen LogP contribution is -2.43. The molecule has 0 saturated heterocycles. The average Bonchev–Trinajstić information content (AvgIpc) is 3.19. The van der Waals surface area contributed by atoms with Crippen molar-refractivity contribution in [1.29, 1.82) is 0 Å². The number of amides is 1. The van der Waals surface area contributed by atoms with Gasteiger partial charge < -0.3 is 21.2 Å². The lowest BCUT2D eigenvalue weighted by Gasteiger charge is -2.38. The van der Waals surface area contributed by atoms with Gasteiger partial charge in [-0.15, -0.1) is 0 Å². The molecule has 5 N–H and O–H groups in total. The minimum absolute atomic E-state index is 0.146. The maximum Gasteiger partial charge on any atom is 0.266 e. The van der Waals surface area contributed by atoms with E-state index >= 15 is 0 Å². The molecule has 168 valence electrons. The summed E-state index contributed by atoms with van der Waals surface area (Å²) in [5.41, 5.74) is 14.8. The number of nitrogens with two attached hydrogens (primary N) is 2. The minimum Gasteiger partial charge on any atom is -0.437 e. The van der Waals surface area contributed by atoms with Gasteiger partial charge in [0.25, 0.3) is 5.56 Å². The summed E-state index contributed by atoms with van der Waals surface area (Å²) in [6, 6.07) is 17.6. The van der Waals surface area contributed by atoms with Gasteiger partial charge in [0.05, 0.1) is 6.54 Å². The Hall–Kier alpha value is -3.91. The number of furan rings is 1. The monoisotopic (exact) mass is 443 g/mol. The second-order valence-corrected chi connectivity index (χ2v) is 8.56. The molecule has 1 aliphatic rings. The number of carbonyl (C=O) groups is 1. The van der Waals surface area contributed by atoms with Crippen LogP contribution in [0.5, 0.6) is 0 Å². The Labute approximate surface area is 190 Å². The number of fused-ring (bicyclic) bond motifs is 1. The van der Waals surface area contributed by atoms with Crippen LogP contribution in [0.1, 0.15) is 24.8 Å². The van der Waals surface area contributed by atoms with E-state index in [1.165, 1.54) is 4.57 Å². The molecule has 2 aromatic heterocycles. The van der Waals surface area contributed by atoms with Gasteiger partial charge in [-0.3, -0.25) is 14.2 Å². The van der Waals surface area contributed by atoms with Crippen molar-refractivity contribution in [1.82, 2.24) is 9.55 Å². The first-order valence-corrected chi connectivity index (χ1v) is 10.9. The van der Waals surface area contributed by atoms with Crippen LogP contribution in [-0.4, -0.2) is 22.0 Å². The number of hydrogen-bond donors (Lipinski definition) is 3. The van der Waals surface area contributed by atoms with Crippen LogP contribution in [0.25, 0.3) is 33.6 Å². The van der Waals surface area contributed by atoms with Gasteiger partial charge in [0, 0.05) is 23.7 Å². The zero-order valence-electron chi connectivity index (χ0n) is 18.3. The Morgan fingerprint density at radius 2 is 1.82 bits per heavy atom. The number of nitrogens with one attached hydrogen (secondary N) is 1. The number of aromatic nitrogens is 2. The molecule has 0 atom stereocenters. The lowest BCUT2D eigenvalue weighted by molar-refractivity contribution is -0.116. The summed E-state index contributed by atoms with van der Waals surface area (Å²) in [6.07, 6.45) is 3.10. The van der Waals surface area contributed by atoms with Crippen molar-refractivity contribution in [3.8, 4) is 22.5 Å². The normalized spacial score (nSPS) is 14.7. The Morgan fingerprint density at radius 1 is 1.12 bits per heavy atom. The van der Waals surface area contributed by atoms with E-state index in [4.69, 9.17) is 15.9 Å². The minimum atomic E-state index is -0.557. The summed E-state index contributed by atoms with van der Waals surface area (Å²) < 4.78 is 7.53. The van der Waals surface area contributed by atoms with Gasteiger partial charge in [0.1, 0.15) is 11.1 Å². The molecule has 1 amide bonds. The van der Waals surface area contributed by atoms with Crippen LogP contribution in [0.2, 0.25) is 0 Å². The van der Waals surface area contributed by atoms with Gasteiger partial charge >= 0.3 is 0 Å². The van der Waals surface area contributed by atoms with E-state index in [0.29, 0.717) is 16.7 Å². The van der Waals surface area contributed by atoms with Crippen LogP contribution >= 0.6 is 0 Å². The number of hydrogen-bond acceptors (Lipinski definition) is 6. The van der Waals surface area contributed by atoms with Crippen LogP contribution in [0, 0.1) is 0 Å². The predicted molar refractivity (Wildman–Crippen MR) is 128 cm³/mol. The fourth-order valence-electron chi connectivity index (χ4n) is 4.34. The predicted octanol–water partition coefficient (Wildman–Crippen LogP) is 3.10. The summed E-state index contributed by atoms with van der Waals surface area (Å²) in [5.74, 6) is 0.203. The molecular formula is C25H25N5O3. The third-order valence-electron chi connectivity index (χ3n) is 6.38. The number of carbonyl (C=O) groups excluding carboxylic acids is 1. The first kappa shape index (κ1) is 21.0. The van der Waals surface area contributed by atoms with Crippen molar-refractivity contribution in [3.63, 3.8) is 0 Å². The van der Waals surface area contributed by atoms with Gasteiger partial charge in [0.2, 0.25) is 17.6 Å². The molecule has 1 aliphatic carbocycles.